The molecule has 0 spiro atoms. The molecule has 0 fully saturated rings. The van der Waals surface area contributed by atoms with E-state index >= 15 is 0 Å². The summed E-state index contributed by atoms with van der Waals surface area (Å²) in [6, 6.07) is 7.47. The van der Waals surface area contributed by atoms with Gasteiger partial charge in [-0.3, -0.25) is 10.2 Å². The fraction of sp³-hybridized carbons (Fsp3) is 0.250. The van der Waals surface area contributed by atoms with Crippen LogP contribution in [0.3, 0.4) is 0 Å². The Morgan fingerprint density at radius 1 is 1.45 bits per heavy atom. The van der Waals surface area contributed by atoms with Gasteiger partial charge in [0, 0.05) is 17.8 Å². The standard InChI is InChI=1S/C19H20ClFN4O2S.CH4N2/c1-10-17(9-26)28-19(23-10)16(8-22-2)25-18(27)15-6-5-14(24-15)11-3-4-12(20)13(21)7-11;2-1-3/h3-7,16,22,24,26H,8-9H2,1-2H3,(H,25,27);1H,(H3,2,3). The van der Waals surface area contributed by atoms with E-state index in [0.29, 0.717) is 23.5 Å². The molecule has 11 heteroatoms. The number of thiazole rings is 1. The van der Waals surface area contributed by atoms with E-state index in [1.165, 1.54) is 23.5 Å². The molecule has 1 amide bonds. The number of amides is 1. The number of hydrogen-bond acceptors (Lipinski definition) is 6. The van der Waals surface area contributed by atoms with E-state index in [-0.39, 0.29) is 23.6 Å². The molecule has 3 rings (SSSR count). The Morgan fingerprint density at radius 3 is 2.74 bits per heavy atom. The second-order valence-corrected chi connectivity index (χ2v) is 7.91. The number of carbonyl (C=O) groups is 1. The number of nitrogens with zero attached hydrogens (tertiary/aromatic N) is 1. The number of carbonyl (C=O) groups excluding carboxylic acids is 1. The van der Waals surface area contributed by atoms with Crippen LogP contribution in [0.2, 0.25) is 5.02 Å². The van der Waals surface area contributed by atoms with Crippen LogP contribution >= 0.6 is 22.9 Å². The largest absolute Gasteiger partial charge is 0.391 e. The highest BCUT2D eigenvalue weighted by molar-refractivity contribution is 7.11. The van der Waals surface area contributed by atoms with Gasteiger partial charge in [-0.1, -0.05) is 17.7 Å². The number of aromatic amines is 1. The third kappa shape index (κ3) is 6.34. The van der Waals surface area contributed by atoms with Crippen molar-refractivity contribution in [2.45, 2.75) is 19.6 Å². The molecule has 7 N–H and O–H groups in total. The molecular formula is C20H24ClFN6O2S. The number of nitrogens with one attached hydrogen (secondary N) is 4. The van der Waals surface area contributed by atoms with Crippen molar-refractivity contribution in [3.8, 4) is 11.3 Å². The van der Waals surface area contributed by atoms with Crippen molar-refractivity contribution in [3.05, 3.63) is 62.4 Å². The maximum atomic E-state index is 13.7. The van der Waals surface area contributed by atoms with Gasteiger partial charge >= 0.3 is 0 Å². The predicted molar refractivity (Wildman–Crippen MR) is 121 cm³/mol. The molecule has 0 aliphatic carbocycles. The van der Waals surface area contributed by atoms with Gasteiger partial charge in [-0.2, -0.15) is 0 Å². The highest BCUT2D eigenvalue weighted by Gasteiger charge is 2.21. The van der Waals surface area contributed by atoms with Crippen LogP contribution in [0.1, 0.15) is 32.1 Å². The van der Waals surface area contributed by atoms with Crippen molar-refractivity contribution >= 4 is 35.2 Å². The summed E-state index contributed by atoms with van der Waals surface area (Å²) >= 11 is 7.09. The van der Waals surface area contributed by atoms with Gasteiger partial charge in [0.1, 0.15) is 16.5 Å². The van der Waals surface area contributed by atoms with Crippen molar-refractivity contribution in [1.29, 1.82) is 5.41 Å². The fourth-order valence-electron chi connectivity index (χ4n) is 2.75. The number of hydrogen-bond donors (Lipinski definition) is 6. The van der Waals surface area contributed by atoms with Crippen LogP contribution in [-0.2, 0) is 6.61 Å². The third-order valence-corrected chi connectivity index (χ3v) is 5.79. The molecule has 0 bridgehead atoms. The van der Waals surface area contributed by atoms with Crippen LogP contribution < -0.4 is 16.4 Å². The summed E-state index contributed by atoms with van der Waals surface area (Å²) < 4.78 is 13.7. The number of rotatable bonds is 7. The van der Waals surface area contributed by atoms with E-state index in [0.717, 1.165) is 21.9 Å². The van der Waals surface area contributed by atoms with Gasteiger partial charge in [0.25, 0.3) is 5.91 Å². The van der Waals surface area contributed by atoms with Gasteiger partial charge in [0.2, 0.25) is 0 Å². The second-order valence-electron chi connectivity index (χ2n) is 6.38. The molecule has 1 unspecified atom stereocenters. The zero-order chi connectivity index (χ0) is 23.0. The van der Waals surface area contributed by atoms with E-state index < -0.39 is 5.82 Å². The first kappa shape index (κ1) is 24.5. The molecule has 31 heavy (non-hydrogen) atoms. The summed E-state index contributed by atoms with van der Waals surface area (Å²) in [5.74, 6) is -0.827. The van der Waals surface area contributed by atoms with Crippen LogP contribution in [0.4, 0.5) is 4.39 Å². The maximum Gasteiger partial charge on any atom is 0.268 e. The number of benzene rings is 1. The van der Waals surface area contributed by atoms with Crippen molar-refractivity contribution in [2.75, 3.05) is 13.6 Å². The number of halogens is 2. The van der Waals surface area contributed by atoms with E-state index in [4.69, 9.17) is 17.0 Å². The highest BCUT2D eigenvalue weighted by atomic mass is 35.5. The van der Waals surface area contributed by atoms with Gasteiger partial charge in [0.15, 0.2) is 0 Å². The molecule has 8 nitrogen and oxygen atoms in total. The number of aromatic nitrogens is 2. The summed E-state index contributed by atoms with van der Waals surface area (Å²) in [5.41, 5.74) is 6.70. The quantitative estimate of drug-likeness (QED) is 0.234. The van der Waals surface area contributed by atoms with Crippen LogP contribution in [0.25, 0.3) is 11.3 Å². The van der Waals surface area contributed by atoms with Crippen molar-refractivity contribution in [3.63, 3.8) is 0 Å². The highest BCUT2D eigenvalue weighted by Crippen LogP contribution is 2.25. The second kappa shape index (κ2) is 11.6. The number of nitrogens with two attached hydrogens (primary N) is 1. The number of likely N-dealkylation sites (N-methyl/N-ethyl adjacent to an activating group) is 1. The Balaban J connectivity index is 0.00000107. The minimum absolute atomic E-state index is 0.0455. The molecule has 0 radical (unpaired) electrons. The minimum atomic E-state index is -0.521. The first-order valence-electron chi connectivity index (χ1n) is 9.22. The third-order valence-electron chi connectivity index (χ3n) is 4.23. The first-order valence-corrected chi connectivity index (χ1v) is 10.4. The van der Waals surface area contributed by atoms with Gasteiger partial charge in [-0.05, 0) is 38.2 Å². The number of aliphatic hydroxyl groups excluding tert-OH is 1. The van der Waals surface area contributed by atoms with Crippen LogP contribution in [0.5, 0.6) is 0 Å². The summed E-state index contributed by atoms with van der Waals surface area (Å²) in [5, 5.41) is 22.0. The van der Waals surface area contributed by atoms with Crippen LogP contribution in [-0.4, -0.2) is 40.9 Å². The minimum Gasteiger partial charge on any atom is -0.391 e. The predicted octanol–water partition coefficient (Wildman–Crippen LogP) is 2.97. The molecule has 3 aromatic rings. The van der Waals surface area contributed by atoms with Crippen molar-refractivity contribution in [1.82, 2.24) is 20.6 Å². The lowest BCUT2D eigenvalue weighted by Gasteiger charge is -2.15. The summed E-state index contributed by atoms with van der Waals surface area (Å²) in [4.78, 5) is 20.9. The zero-order valence-corrected chi connectivity index (χ0v) is 18.6. The van der Waals surface area contributed by atoms with Crippen molar-refractivity contribution < 1.29 is 14.3 Å². The van der Waals surface area contributed by atoms with Gasteiger partial charge in [-0.25, -0.2) is 9.37 Å². The van der Waals surface area contributed by atoms with E-state index in [1.807, 2.05) is 6.92 Å². The molecule has 0 saturated heterocycles. The molecule has 0 aliphatic heterocycles. The Bertz CT molecular complexity index is 1040. The Morgan fingerprint density at radius 2 is 2.16 bits per heavy atom. The molecule has 2 aromatic heterocycles. The SMILES string of the molecule is CNCC(NC(=O)c1ccc(-c2ccc(Cl)c(F)c2)[nH]1)c1nc(C)c(CO)s1.N=CN. The molecule has 1 aromatic carbocycles. The lowest BCUT2D eigenvalue weighted by Crippen LogP contribution is -2.34. The monoisotopic (exact) mass is 466 g/mol. The average molecular weight is 467 g/mol. The molecule has 0 saturated carbocycles. The lowest BCUT2D eigenvalue weighted by atomic mass is 10.1. The first-order chi connectivity index (χ1) is 14.8. The Hall–Kier alpha value is -2.79. The number of H-pyrrole nitrogens is 1. The smallest absolute Gasteiger partial charge is 0.268 e. The zero-order valence-electron chi connectivity index (χ0n) is 17.0. The number of aliphatic hydroxyl groups is 1. The lowest BCUT2D eigenvalue weighted by molar-refractivity contribution is 0.0932. The van der Waals surface area contributed by atoms with E-state index in [9.17, 15) is 14.3 Å². The Labute approximate surface area is 188 Å². The van der Waals surface area contributed by atoms with Crippen molar-refractivity contribution in [2.24, 2.45) is 5.73 Å². The molecular weight excluding hydrogens is 443 g/mol. The van der Waals surface area contributed by atoms with Gasteiger partial charge < -0.3 is 26.5 Å². The van der Waals surface area contributed by atoms with Gasteiger partial charge in [0.05, 0.1) is 34.6 Å². The summed E-state index contributed by atoms with van der Waals surface area (Å²) in [6.07, 6.45) is 0.750. The Kier molecular flexibility index (Phi) is 9.13. The topological polar surface area (TPSA) is 140 Å². The van der Waals surface area contributed by atoms with Crippen LogP contribution in [0.15, 0.2) is 30.3 Å². The summed E-state index contributed by atoms with van der Waals surface area (Å²) in [6.45, 7) is 2.23. The molecule has 0 aliphatic rings. The molecule has 2 heterocycles. The fourth-order valence-corrected chi connectivity index (χ4v) is 3.84. The molecule has 1 atom stereocenters. The summed E-state index contributed by atoms with van der Waals surface area (Å²) in [7, 11) is 1.79. The van der Waals surface area contributed by atoms with Crippen LogP contribution in [0, 0.1) is 18.2 Å². The maximum absolute atomic E-state index is 13.7. The molecule has 166 valence electrons. The van der Waals surface area contributed by atoms with E-state index in [1.54, 1.807) is 25.2 Å². The average Bonchev–Trinajstić information content (AvgIpc) is 3.37. The van der Waals surface area contributed by atoms with E-state index in [2.05, 4.69) is 26.3 Å². The number of aryl methyl sites for hydroxylation is 1. The van der Waals surface area contributed by atoms with Gasteiger partial charge in [-0.15, -0.1) is 11.3 Å². The normalized spacial score (nSPS) is 11.4.